The highest BCUT2D eigenvalue weighted by molar-refractivity contribution is 6.09. The monoisotopic (exact) mass is 368 g/mol. The molecule has 27 heavy (non-hydrogen) atoms. The van der Waals surface area contributed by atoms with Gasteiger partial charge in [-0.2, -0.15) is 5.26 Å². The molecular formula is C20H17FN2O4. The quantitative estimate of drug-likeness (QED) is 0.478. The first-order valence-electron chi connectivity index (χ1n) is 8.02. The van der Waals surface area contributed by atoms with Crippen molar-refractivity contribution in [3.05, 3.63) is 65.0 Å². The Morgan fingerprint density at radius 2 is 1.93 bits per heavy atom. The van der Waals surface area contributed by atoms with Crippen molar-refractivity contribution < 1.29 is 23.5 Å². The Hall–Kier alpha value is -3.66. The van der Waals surface area contributed by atoms with E-state index >= 15 is 0 Å². The predicted molar refractivity (Wildman–Crippen MR) is 97.6 cm³/mol. The number of carbonyl (C=O) groups excluding carboxylic acids is 2. The van der Waals surface area contributed by atoms with Gasteiger partial charge in [-0.1, -0.05) is 6.07 Å². The largest absolute Gasteiger partial charge is 0.494 e. The fourth-order valence-corrected chi connectivity index (χ4v) is 2.19. The Labute approximate surface area is 155 Å². The average molecular weight is 368 g/mol. The summed E-state index contributed by atoms with van der Waals surface area (Å²) in [6, 6.07) is 11.9. The molecule has 138 valence electrons. The van der Waals surface area contributed by atoms with Crippen LogP contribution in [0.5, 0.6) is 5.75 Å². The number of nitrogens with one attached hydrogen (secondary N) is 1. The van der Waals surface area contributed by atoms with Gasteiger partial charge in [0.15, 0.2) is 11.6 Å². The van der Waals surface area contributed by atoms with Crippen LogP contribution in [0.15, 0.2) is 48.0 Å². The summed E-state index contributed by atoms with van der Waals surface area (Å²) in [5.41, 5.74) is 0.890. The molecule has 2 aromatic rings. The van der Waals surface area contributed by atoms with Crippen LogP contribution in [0.25, 0.3) is 6.08 Å². The molecule has 7 heteroatoms. The molecule has 1 amide bonds. The normalized spacial score (nSPS) is 10.7. The van der Waals surface area contributed by atoms with Crippen molar-refractivity contribution >= 4 is 23.6 Å². The number of ether oxygens (including phenoxy) is 2. The highest BCUT2D eigenvalue weighted by atomic mass is 19.1. The molecule has 0 atom stereocenters. The van der Waals surface area contributed by atoms with E-state index in [1.807, 2.05) is 0 Å². The lowest BCUT2D eigenvalue weighted by molar-refractivity contribution is -0.112. The van der Waals surface area contributed by atoms with Crippen LogP contribution in [0.1, 0.15) is 22.8 Å². The summed E-state index contributed by atoms with van der Waals surface area (Å²) < 4.78 is 23.4. The van der Waals surface area contributed by atoms with Gasteiger partial charge >= 0.3 is 5.97 Å². The second-order valence-corrected chi connectivity index (χ2v) is 5.32. The number of nitriles is 1. The van der Waals surface area contributed by atoms with Gasteiger partial charge in [-0.25, -0.2) is 9.18 Å². The van der Waals surface area contributed by atoms with E-state index in [0.29, 0.717) is 16.8 Å². The Morgan fingerprint density at radius 1 is 1.22 bits per heavy atom. The van der Waals surface area contributed by atoms with Crippen molar-refractivity contribution in [1.29, 1.82) is 5.26 Å². The lowest BCUT2D eigenvalue weighted by Gasteiger charge is -2.06. The van der Waals surface area contributed by atoms with E-state index in [2.05, 4.69) is 5.32 Å². The lowest BCUT2D eigenvalue weighted by Crippen LogP contribution is -2.13. The van der Waals surface area contributed by atoms with Crippen LogP contribution in [0.3, 0.4) is 0 Å². The summed E-state index contributed by atoms with van der Waals surface area (Å²) in [6.07, 6.45) is 1.27. The molecule has 0 bridgehead atoms. The molecule has 2 rings (SSSR count). The number of hydrogen-bond acceptors (Lipinski definition) is 5. The molecule has 0 radical (unpaired) electrons. The smallest absolute Gasteiger partial charge is 0.338 e. The molecule has 0 spiro atoms. The SMILES string of the molecule is CCOC(=O)c1ccc(NC(=O)/C(C#N)=C/c2ccc(OC)c(F)c2)cc1. The minimum atomic E-state index is -0.655. The first kappa shape index (κ1) is 19.7. The number of nitrogens with zero attached hydrogens (tertiary/aromatic N) is 1. The molecule has 0 saturated heterocycles. The van der Waals surface area contributed by atoms with Crippen molar-refractivity contribution in [2.75, 3.05) is 19.0 Å². The van der Waals surface area contributed by atoms with Crippen LogP contribution in [0.2, 0.25) is 0 Å². The van der Waals surface area contributed by atoms with Gasteiger partial charge in [-0.3, -0.25) is 4.79 Å². The molecule has 0 aliphatic heterocycles. The predicted octanol–water partition coefficient (Wildman–Crippen LogP) is 3.56. The molecule has 6 nitrogen and oxygen atoms in total. The Bertz CT molecular complexity index is 915. The van der Waals surface area contributed by atoms with Gasteiger partial charge in [0, 0.05) is 5.69 Å². The zero-order valence-corrected chi connectivity index (χ0v) is 14.8. The fraction of sp³-hybridized carbons (Fsp3) is 0.150. The summed E-state index contributed by atoms with van der Waals surface area (Å²) in [6.45, 7) is 1.97. The van der Waals surface area contributed by atoms with Gasteiger partial charge in [0.25, 0.3) is 5.91 Å². The lowest BCUT2D eigenvalue weighted by atomic mass is 10.1. The van der Waals surface area contributed by atoms with E-state index in [4.69, 9.17) is 9.47 Å². The number of rotatable bonds is 6. The number of carbonyl (C=O) groups is 2. The topological polar surface area (TPSA) is 88.4 Å². The molecule has 2 aromatic carbocycles. The third-order valence-electron chi connectivity index (χ3n) is 3.51. The van der Waals surface area contributed by atoms with Crippen LogP contribution >= 0.6 is 0 Å². The van der Waals surface area contributed by atoms with Crippen molar-refractivity contribution in [3.8, 4) is 11.8 Å². The van der Waals surface area contributed by atoms with E-state index in [9.17, 15) is 19.2 Å². The summed E-state index contributed by atoms with van der Waals surface area (Å²) >= 11 is 0. The number of halogens is 1. The van der Waals surface area contributed by atoms with Crippen LogP contribution in [0, 0.1) is 17.1 Å². The molecule has 0 aromatic heterocycles. The standard InChI is InChI=1S/C20H17FN2O4/c1-3-27-20(25)14-5-7-16(8-6-14)23-19(24)15(12-22)10-13-4-9-18(26-2)17(21)11-13/h4-11H,3H2,1-2H3,(H,23,24)/b15-10+. The van der Waals surface area contributed by atoms with Crippen molar-refractivity contribution in [1.82, 2.24) is 0 Å². The first-order valence-corrected chi connectivity index (χ1v) is 8.02. The molecule has 0 fully saturated rings. The molecule has 0 unspecified atom stereocenters. The molecule has 0 saturated carbocycles. The van der Waals surface area contributed by atoms with Crippen LogP contribution in [0.4, 0.5) is 10.1 Å². The number of benzene rings is 2. The van der Waals surface area contributed by atoms with Crippen LogP contribution in [-0.2, 0) is 9.53 Å². The summed E-state index contributed by atoms with van der Waals surface area (Å²) in [4.78, 5) is 23.9. The second-order valence-electron chi connectivity index (χ2n) is 5.32. The number of anilines is 1. The van der Waals surface area contributed by atoms with Gasteiger partial charge in [-0.05, 0) is 55.0 Å². The van der Waals surface area contributed by atoms with Gasteiger partial charge < -0.3 is 14.8 Å². The van der Waals surface area contributed by atoms with Gasteiger partial charge in [0.1, 0.15) is 11.6 Å². The maximum Gasteiger partial charge on any atom is 0.338 e. The average Bonchev–Trinajstić information content (AvgIpc) is 2.67. The molecular weight excluding hydrogens is 351 g/mol. The molecule has 0 aliphatic rings. The maximum absolute atomic E-state index is 13.7. The molecule has 0 heterocycles. The van der Waals surface area contributed by atoms with Gasteiger partial charge in [0.2, 0.25) is 0 Å². The molecule has 1 N–H and O–H groups in total. The fourth-order valence-electron chi connectivity index (χ4n) is 2.19. The third-order valence-corrected chi connectivity index (χ3v) is 3.51. The Balaban J connectivity index is 2.14. The second kappa shape index (κ2) is 9.15. The zero-order valence-electron chi connectivity index (χ0n) is 14.8. The highest BCUT2D eigenvalue weighted by Crippen LogP contribution is 2.20. The van der Waals surface area contributed by atoms with Crippen LogP contribution < -0.4 is 10.1 Å². The van der Waals surface area contributed by atoms with E-state index in [0.717, 1.165) is 6.07 Å². The highest BCUT2D eigenvalue weighted by Gasteiger charge is 2.12. The third kappa shape index (κ3) is 5.16. The number of hydrogen-bond donors (Lipinski definition) is 1. The van der Waals surface area contributed by atoms with E-state index in [1.54, 1.807) is 13.0 Å². The summed E-state index contributed by atoms with van der Waals surface area (Å²) in [7, 11) is 1.34. The van der Waals surface area contributed by atoms with Gasteiger partial charge in [-0.15, -0.1) is 0 Å². The number of amides is 1. The summed E-state index contributed by atoms with van der Waals surface area (Å²) in [5.74, 6) is -1.65. The van der Waals surface area contributed by atoms with E-state index < -0.39 is 17.7 Å². The van der Waals surface area contributed by atoms with Crippen molar-refractivity contribution in [2.45, 2.75) is 6.92 Å². The molecule has 0 aliphatic carbocycles. The number of esters is 1. The van der Waals surface area contributed by atoms with E-state index in [1.165, 1.54) is 49.6 Å². The minimum Gasteiger partial charge on any atom is -0.494 e. The van der Waals surface area contributed by atoms with Crippen LogP contribution in [-0.4, -0.2) is 25.6 Å². The number of methoxy groups -OCH3 is 1. The first-order chi connectivity index (χ1) is 13.0. The van der Waals surface area contributed by atoms with E-state index in [-0.39, 0.29) is 17.9 Å². The summed E-state index contributed by atoms with van der Waals surface area (Å²) in [5, 5.41) is 11.8. The maximum atomic E-state index is 13.7. The van der Waals surface area contributed by atoms with Gasteiger partial charge in [0.05, 0.1) is 19.3 Å². The van der Waals surface area contributed by atoms with Crippen molar-refractivity contribution in [2.24, 2.45) is 0 Å². The Morgan fingerprint density at radius 3 is 2.48 bits per heavy atom. The van der Waals surface area contributed by atoms with Crippen molar-refractivity contribution in [3.63, 3.8) is 0 Å². The minimum absolute atomic E-state index is 0.0665. The zero-order chi connectivity index (χ0) is 19.8. The Kier molecular flexibility index (Phi) is 6.67.